The molecule has 2 aromatic carbocycles. The molecule has 4 aromatic rings. The minimum atomic E-state index is -0.221. The first kappa shape index (κ1) is 16.0. The predicted octanol–water partition coefficient (Wildman–Crippen LogP) is 4.30. The second-order valence-electron chi connectivity index (χ2n) is 6.81. The van der Waals surface area contributed by atoms with Gasteiger partial charge >= 0.3 is 0 Å². The Labute approximate surface area is 156 Å². The summed E-state index contributed by atoms with van der Waals surface area (Å²) in [5, 5.41) is 8.38. The summed E-state index contributed by atoms with van der Waals surface area (Å²) in [6.45, 7) is 2.70. The number of hydrogen-bond acceptors (Lipinski definition) is 2. The molecule has 5 rings (SSSR count). The van der Waals surface area contributed by atoms with Crippen LogP contribution in [0.25, 0.3) is 11.5 Å². The Balaban J connectivity index is 1.71. The Hall–Kier alpha value is -3.18. The van der Waals surface area contributed by atoms with Crippen molar-refractivity contribution in [2.75, 3.05) is 0 Å². The Morgan fingerprint density at radius 2 is 1.89 bits per heavy atom. The number of nitrogens with one attached hydrogen (secondary N) is 1. The van der Waals surface area contributed by atoms with Crippen molar-refractivity contribution < 1.29 is 4.39 Å². The van der Waals surface area contributed by atoms with Gasteiger partial charge in [-0.3, -0.25) is 0 Å². The standard InChI is InChI=1S/C22H19FN4/c1-15-19-14-24-21(16-7-5-8-17(23)13-16)20-11-6-12-26(20)22(19)27(25-15)18-9-3-2-4-10-18/h2-13,21,24H,14H2,1H3/t21-/m0/s1. The molecule has 1 aliphatic rings. The molecule has 0 fully saturated rings. The topological polar surface area (TPSA) is 34.8 Å². The summed E-state index contributed by atoms with van der Waals surface area (Å²) in [7, 11) is 0. The van der Waals surface area contributed by atoms with Crippen molar-refractivity contribution in [3.05, 3.63) is 101 Å². The minimum Gasteiger partial charge on any atom is -0.303 e. The number of halogens is 1. The zero-order valence-corrected chi connectivity index (χ0v) is 14.9. The highest BCUT2D eigenvalue weighted by atomic mass is 19.1. The maximum atomic E-state index is 13.8. The normalized spacial score (nSPS) is 15.9. The zero-order chi connectivity index (χ0) is 18.4. The van der Waals surface area contributed by atoms with Crippen molar-refractivity contribution >= 4 is 0 Å². The van der Waals surface area contributed by atoms with Gasteiger partial charge in [-0.15, -0.1) is 0 Å². The van der Waals surface area contributed by atoms with Crippen LogP contribution in [0.3, 0.4) is 0 Å². The second kappa shape index (κ2) is 6.21. The van der Waals surface area contributed by atoms with E-state index >= 15 is 0 Å². The summed E-state index contributed by atoms with van der Waals surface area (Å²) >= 11 is 0. The number of nitrogens with zero attached hydrogens (tertiary/aromatic N) is 3. The molecule has 1 N–H and O–H groups in total. The monoisotopic (exact) mass is 358 g/mol. The summed E-state index contributed by atoms with van der Waals surface area (Å²) in [6.07, 6.45) is 2.05. The fourth-order valence-corrected chi connectivity index (χ4v) is 3.86. The minimum absolute atomic E-state index is 0.0910. The Morgan fingerprint density at radius 3 is 2.70 bits per heavy atom. The maximum Gasteiger partial charge on any atom is 0.145 e. The third-order valence-corrected chi connectivity index (χ3v) is 5.13. The van der Waals surface area contributed by atoms with Gasteiger partial charge in [0.15, 0.2) is 0 Å². The highest BCUT2D eigenvalue weighted by molar-refractivity contribution is 5.49. The number of benzene rings is 2. The van der Waals surface area contributed by atoms with Gasteiger partial charge in [-0.2, -0.15) is 5.10 Å². The second-order valence-corrected chi connectivity index (χ2v) is 6.81. The van der Waals surface area contributed by atoms with E-state index in [1.54, 1.807) is 12.1 Å². The number of para-hydroxylation sites is 1. The first-order valence-corrected chi connectivity index (χ1v) is 9.03. The molecule has 5 heteroatoms. The summed E-state index contributed by atoms with van der Waals surface area (Å²) in [6, 6.07) is 20.9. The molecule has 0 amide bonds. The summed E-state index contributed by atoms with van der Waals surface area (Å²) in [4.78, 5) is 0. The average molecular weight is 358 g/mol. The van der Waals surface area contributed by atoms with E-state index in [-0.39, 0.29) is 11.9 Å². The van der Waals surface area contributed by atoms with Gasteiger partial charge < -0.3 is 9.88 Å². The van der Waals surface area contributed by atoms with E-state index in [4.69, 9.17) is 5.10 Å². The number of hydrogen-bond donors (Lipinski definition) is 1. The maximum absolute atomic E-state index is 13.8. The van der Waals surface area contributed by atoms with Crippen molar-refractivity contribution in [3.63, 3.8) is 0 Å². The quantitative estimate of drug-likeness (QED) is 0.580. The number of fused-ring (bicyclic) bond motifs is 3. The van der Waals surface area contributed by atoms with Crippen LogP contribution in [0.5, 0.6) is 0 Å². The van der Waals surface area contributed by atoms with E-state index in [9.17, 15) is 4.39 Å². The van der Waals surface area contributed by atoms with E-state index in [2.05, 4.69) is 28.1 Å². The molecule has 4 nitrogen and oxygen atoms in total. The van der Waals surface area contributed by atoms with Gasteiger partial charge in [0.1, 0.15) is 11.6 Å². The van der Waals surface area contributed by atoms with Crippen LogP contribution in [0.4, 0.5) is 4.39 Å². The molecule has 0 saturated heterocycles. The van der Waals surface area contributed by atoms with E-state index in [0.29, 0.717) is 6.54 Å². The largest absolute Gasteiger partial charge is 0.303 e. The Bertz CT molecular complexity index is 1110. The fourth-order valence-electron chi connectivity index (χ4n) is 3.86. The number of aryl methyl sites for hydroxylation is 1. The first-order chi connectivity index (χ1) is 13.2. The van der Waals surface area contributed by atoms with Crippen LogP contribution < -0.4 is 5.32 Å². The SMILES string of the molecule is Cc1nn(-c2ccccc2)c2c1CN[C@@H](c1cccc(F)c1)c1cccn1-2. The lowest BCUT2D eigenvalue weighted by atomic mass is 10.0. The van der Waals surface area contributed by atoms with Crippen LogP contribution in [0, 0.1) is 12.7 Å². The summed E-state index contributed by atoms with van der Waals surface area (Å²) in [5.74, 6) is 0.811. The fraction of sp³-hybridized carbons (Fsp3) is 0.136. The predicted molar refractivity (Wildman–Crippen MR) is 103 cm³/mol. The van der Waals surface area contributed by atoms with E-state index in [0.717, 1.165) is 34.0 Å². The van der Waals surface area contributed by atoms with Crippen LogP contribution in [0.2, 0.25) is 0 Å². The van der Waals surface area contributed by atoms with Crippen molar-refractivity contribution in [3.8, 4) is 11.5 Å². The third-order valence-electron chi connectivity index (χ3n) is 5.13. The average Bonchev–Trinajstić information content (AvgIpc) is 3.24. The van der Waals surface area contributed by atoms with Gasteiger partial charge in [0.25, 0.3) is 0 Å². The van der Waals surface area contributed by atoms with Gasteiger partial charge in [0, 0.05) is 24.0 Å². The lowest BCUT2D eigenvalue weighted by molar-refractivity contribution is 0.583. The zero-order valence-electron chi connectivity index (χ0n) is 14.9. The molecular formula is C22H19FN4. The van der Waals surface area contributed by atoms with Gasteiger partial charge in [-0.1, -0.05) is 30.3 Å². The molecule has 2 aromatic heterocycles. The molecule has 0 spiro atoms. The van der Waals surface area contributed by atoms with Crippen molar-refractivity contribution in [2.24, 2.45) is 0 Å². The first-order valence-electron chi connectivity index (χ1n) is 9.03. The summed E-state index contributed by atoms with van der Waals surface area (Å²) in [5.41, 5.74) is 5.13. The molecule has 3 heterocycles. The van der Waals surface area contributed by atoms with Crippen LogP contribution >= 0.6 is 0 Å². The van der Waals surface area contributed by atoms with Crippen LogP contribution in [-0.4, -0.2) is 14.3 Å². The molecule has 0 unspecified atom stereocenters. The third kappa shape index (κ3) is 2.59. The molecule has 0 saturated carbocycles. The molecule has 134 valence electrons. The van der Waals surface area contributed by atoms with Crippen LogP contribution in [0.1, 0.15) is 28.6 Å². The van der Waals surface area contributed by atoms with Crippen molar-refractivity contribution in [1.82, 2.24) is 19.7 Å². The Kier molecular flexibility index (Phi) is 3.69. The molecule has 1 aliphatic heterocycles. The van der Waals surface area contributed by atoms with E-state index < -0.39 is 0 Å². The van der Waals surface area contributed by atoms with Crippen molar-refractivity contribution in [1.29, 1.82) is 0 Å². The van der Waals surface area contributed by atoms with Crippen molar-refractivity contribution in [2.45, 2.75) is 19.5 Å². The lowest BCUT2D eigenvalue weighted by Crippen LogP contribution is -2.21. The molecule has 27 heavy (non-hydrogen) atoms. The molecule has 1 atom stereocenters. The van der Waals surface area contributed by atoms with Gasteiger partial charge in [0.2, 0.25) is 0 Å². The highest BCUT2D eigenvalue weighted by Gasteiger charge is 2.27. The number of aromatic nitrogens is 3. The number of rotatable bonds is 2. The van der Waals surface area contributed by atoms with Crippen LogP contribution in [-0.2, 0) is 6.54 Å². The molecular weight excluding hydrogens is 339 g/mol. The highest BCUT2D eigenvalue weighted by Crippen LogP contribution is 2.33. The van der Waals surface area contributed by atoms with E-state index in [1.165, 1.54) is 6.07 Å². The lowest BCUT2D eigenvalue weighted by Gasteiger charge is -2.18. The molecule has 0 radical (unpaired) electrons. The van der Waals surface area contributed by atoms with E-state index in [1.807, 2.05) is 48.1 Å². The van der Waals surface area contributed by atoms with Crippen LogP contribution in [0.15, 0.2) is 72.9 Å². The summed E-state index contributed by atoms with van der Waals surface area (Å²) < 4.78 is 18.0. The molecule has 0 aliphatic carbocycles. The van der Waals surface area contributed by atoms with Gasteiger partial charge in [-0.05, 0) is 48.9 Å². The smallest absolute Gasteiger partial charge is 0.145 e. The Morgan fingerprint density at radius 1 is 1.04 bits per heavy atom. The molecule has 0 bridgehead atoms. The van der Waals surface area contributed by atoms with Gasteiger partial charge in [-0.25, -0.2) is 9.07 Å². The van der Waals surface area contributed by atoms with Gasteiger partial charge in [0.05, 0.1) is 17.4 Å².